The van der Waals surface area contributed by atoms with Gasteiger partial charge in [-0.15, -0.1) is 0 Å². The molecule has 0 saturated carbocycles. The van der Waals surface area contributed by atoms with Gasteiger partial charge >= 0.3 is 5.97 Å². The Balaban J connectivity index is 1.69. The van der Waals surface area contributed by atoms with Crippen molar-refractivity contribution in [3.63, 3.8) is 0 Å². The zero-order chi connectivity index (χ0) is 18.8. The van der Waals surface area contributed by atoms with Gasteiger partial charge in [-0.3, -0.25) is 9.59 Å². The van der Waals surface area contributed by atoms with Crippen molar-refractivity contribution in [1.82, 2.24) is 9.47 Å². The van der Waals surface area contributed by atoms with E-state index in [1.54, 1.807) is 4.90 Å². The second-order valence-electron chi connectivity index (χ2n) is 7.07. The van der Waals surface area contributed by atoms with E-state index < -0.39 is 5.97 Å². The number of para-hydroxylation sites is 1. The Morgan fingerprint density at radius 1 is 1.04 bits per heavy atom. The Morgan fingerprint density at radius 2 is 1.78 bits per heavy atom. The van der Waals surface area contributed by atoms with Gasteiger partial charge in [0, 0.05) is 36.2 Å². The second kappa shape index (κ2) is 7.27. The lowest BCUT2D eigenvalue weighted by atomic mass is 10.1. The third-order valence-electron chi connectivity index (χ3n) is 5.26. The topological polar surface area (TPSA) is 62.5 Å². The summed E-state index contributed by atoms with van der Waals surface area (Å²) in [6.07, 6.45) is 3.53. The van der Waals surface area contributed by atoms with Gasteiger partial charge in [-0.05, 0) is 24.5 Å². The van der Waals surface area contributed by atoms with Gasteiger partial charge in [0.2, 0.25) is 0 Å². The molecule has 1 saturated heterocycles. The fraction of sp³-hybridized carbons (Fsp3) is 0.273. The van der Waals surface area contributed by atoms with Crippen LogP contribution in [0.2, 0.25) is 0 Å². The van der Waals surface area contributed by atoms with E-state index in [1.807, 2.05) is 48.7 Å². The fourth-order valence-corrected chi connectivity index (χ4v) is 4.00. The van der Waals surface area contributed by atoms with Crippen LogP contribution in [0.25, 0.3) is 10.9 Å². The van der Waals surface area contributed by atoms with Crippen molar-refractivity contribution in [3.8, 4) is 0 Å². The van der Waals surface area contributed by atoms with E-state index in [4.69, 9.17) is 5.11 Å². The Labute approximate surface area is 157 Å². The van der Waals surface area contributed by atoms with Crippen molar-refractivity contribution in [2.45, 2.75) is 31.8 Å². The van der Waals surface area contributed by atoms with Crippen LogP contribution in [0.3, 0.4) is 0 Å². The molecule has 2 aromatic carbocycles. The minimum atomic E-state index is -0.855. The first-order chi connectivity index (χ1) is 13.1. The maximum Gasteiger partial charge on any atom is 0.305 e. The van der Waals surface area contributed by atoms with Crippen molar-refractivity contribution in [3.05, 3.63) is 71.9 Å². The van der Waals surface area contributed by atoms with E-state index in [2.05, 4.69) is 16.7 Å². The number of hydrogen-bond acceptors (Lipinski definition) is 2. The quantitative estimate of drug-likeness (QED) is 0.751. The Hall–Kier alpha value is -3.08. The van der Waals surface area contributed by atoms with E-state index in [-0.39, 0.29) is 18.4 Å². The molecule has 0 spiro atoms. The molecule has 1 amide bonds. The normalized spacial score (nSPS) is 16.7. The third kappa shape index (κ3) is 3.45. The summed E-state index contributed by atoms with van der Waals surface area (Å²) in [5, 5.41) is 10.1. The molecule has 27 heavy (non-hydrogen) atoms. The van der Waals surface area contributed by atoms with E-state index in [9.17, 15) is 9.59 Å². The number of amides is 1. The van der Waals surface area contributed by atoms with Crippen LogP contribution in [0.15, 0.2) is 60.8 Å². The highest BCUT2D eigenvalue weighted by Crippen LogP contribution is 2.28. The number of carboxylic acids is 1. The average Bonchev–Trinajstić information content (AvgIpc) is 3.27. The number of aliphatic carboxylic acids is 1. The summed E-state index contributed by atoms with van der Waals surface area (Å²) in [5.74, 6) is -0.923. The molecule has 0 radical (unpaired) electrons. The number of carboxylic acid groups (broad SMARTS) is 1. The Morgan fingerprint density at radius 3 is 2.56 bits per heavy atom. The van der Waals surface area contributed by atoms with E-state index >= 15 is 0 Å². The lowest BCUT2D eigenvalue weighted by Gasteiger charge is -2.23. The van der Waals surface area contributed by atoms with Gasteiger partial charge in [0.15, 0.2) is 0 Å². The number of fused-ring (bicyclic) bond motifs is 1. The molecule has 138 valence electrons. The molecule has 2 heterocycles. The molecule has 3 aromatic rings. The molecule has 0 bridgehead atoms. The Kier molecular flexibility index (Phi) is 4.67. The van der Waals surface area contributed by atoms with Crippen molar-refractivity contribution in [2.75, 3.05) is 6.54 Å². The molecule has 1 atom stereocenters. The monoisotopic (exact) mass is 362 g/mol. The van der Waals surface area contributed by atoms with Gasteiger partial charge in [0.25, 0.3) is 5.91 Å². The third-order valence-corrected chi connectivity index (χ3v) is 5.26. The van der Waals surface area contributed by atoms with Crippen LogP contribution in [0.1, 0.15) is 35.2 Å². The maximum atomic E-state index is 13.2. The van der Waals surface area contributed by atoms with Crippen molar-refractivity contribution < 1.29 is 14.7 Å². The fourth-order valence-electron chi connectivity index (χ4n) is 4.00. The summed E-state index contributed by atoms with van der Waals surface area (Å²) in [6, 6.07) is 17.8. The number of hydrogen-bond donors (Lipinski definition) is 1. The molecule has 1 N–H and O–H groups in total. The number of aromatic nitrogens is 1. The summed E-state index contributed by atoms with van der Waals surface area (Å²) in [7, 11) is 0. The standard InChI is InChI=1S/C22H22N2O3/c25-21(26)13-17-9-6-12-24(17)22(27)19-15-23(14-16-7-2-1-3-8-16)20-11-5-4-10-18(19)20/h1-5,7-8,10-11,15,17H,6,9,12-14H2,(H,25,26). The highest BCUT2D eigenvalue weighted by atomic mass is 16.4. The molecule has 1 unspecified atom stereocenters. The first-order valence-corrected chi connectivity index (χ1v) is 9.28. The van der Waals surface area contributed by atoms with Crippen LogP contribution < -0.4 is 0 Å². The number of benzene rings is 2. The second-order valence-corrected chi connectivity index (χ2v) is 7.07. The summed E-state index contributed by atoms with van der Waals surface area (Å²) >= 11 is 0. The van der Waals surface area contributed by atoms with E-state index in [0.29, 0.717) is 18.7 Å². The molecular formula is C22H22N2O3. The van der Waals surface area contributed by atoms with Crippen LogP contribution >= 0.6 is 0 Å². The molecule has 1 aliphatic rings. The van der Waals surface area contributed by atoms with E-state index in [1.165, 1.54) is 5.56 Å². The van der Waals surface area contributed by atoms with Gasteiger partial charge in [0.1, 0.15) is 0 Å². The summed E-state index contributed by atoms with van der Waals surface area (Å²) in [4.78, 5) is 26.1. The van der Waals surface area contributed by atoms with Gasteiger partial charge in [-0.1, -0.05) is 48.5 Å². The largest absolute Gasteiger partial charge is 0.481 e. The molecule has 1 aliphatic heterocycles. The number of likely N-dealkylation sites (tertiary alicyclic amines) is 1. The van der Waals surface area contributed by atoms with Gasteiger partial charge in [0.05, 0.1) is 12.0 Å². The predicted octanol–water partition coefficient (Wildman–Crippen LogP) is 3.77. The molecule has 4 rings (SSSR count). The summed E-state index contributed by atoms with van der Waals surface area (Å²) in [6.45, 7) is 1.31. The number of carbonyl (C=O) groups is 2. The van der Waals surface area contributed by atoms with Gasteiger partial charge in [-0.25, -0.2) is 0 Å². The molecule has 5 heteroatoms. The van der Waals surface area contributed by atoms with Crippen LogP contribution in [-0.4, -0.2) is 39.0 Å². The summed E-state index contributed by atoms with van der Waals surface area (Å²) in [5.41, 5.74) is 2.83. The minimum absolute atomic E-state index is 0.00833. The SMILES string of the molecule is O=C(O)CC1CCCN1C(=O)c1cn(Cc2ccccc2)c2ccccc12. The zero-order valence-electron chi connectivity index (χ0n) is 15.0. The number of nitrogens with zero attached hydrogens (tertiary/aromatic N) is 2. The molecular weight excluding hydrogens is 340 g/mol. The van der Waals surface area contributed by atoms with Gasteiger partial charge in [-0.2, -0.15) is 0 Å². The zero-order valence-corrected chi connectivity index (χ0v) is 15.0. The lowest BCUT2D eigenvalue weighted by molar-refractivity contribution is -0.137. The maximum absolute atomic E-state index is 13.2. The number of carbonyl (C=O) groups excluding carboxylic acids is 1. The van der Waals surface area contributed by atoms with Crippen LogP contribution in [-0.2, 0) is 11.3 Å². The molecule has 1 aromatic heterocycles. The first kappa shape index (κ1) is 17.3. The average molecular weight is 362 g/mol. The lowest BCUT2D eigenvalue weighted by Crippen LogP contribution is -2.36. The highest BCUT2D eigenvalue weighted by Gasteiger charge is 2.32. The minimum Gasteiger partial charge on any atom is -0.481 e. The molecule has 1 fully saturated rings. The molecule has 5 nitrogen and oxygen atoms in total. The Bertz CT molecular complexity index is 978. The summed E-state index contributed by atoms with van der Waals surface area (Å²) < 4.78 is 2.10. The van der Waals surface area contributed by atoms with Crippen molar-refractivity contribution >= 4 is 22.8 Å². The van der Waals surface area contributed by atoms with Crippen LogP contribution in [0.5, 0.6) is 0 Å². The van der Waals surface area contributed by atoms with Crippen molar-refractivity contribution in [1.29, 1.82) is 0 Å². The first-order valence-electron chi connectivity index (χ1n) is 9.28. The van der Waals surface area contributed by atoms with E-state index in [0.717, 1.165) is 23.7 Å². The highest BCUT2D eigenvalue weighted by molar-refractivity contribution is 6.07. The van der Waals surface area contributed by atoms with Crippen molar-refractivity contribution in [2.24, 2.45) is 0 Å². The predicted molar refractivity (Wildman–Crippen MR) is 104 cm³/mol. The van der Waals surface area contributed by atoms with Crippen LogP contribution in [0.4, 0.5) is 0 Å². The van der Waals surface area contributed by atoms with Crippen LogP contribution in [0, 0.1) is 0 Å². The molecule has 0 aliphatic carbocycles. The van der Waals surface area contributed by atoms with Gasteiger partial charge < -0.3 is 14.6 Å². The number of rotatable bonds is 5. The smallest absolute Gasteiger partial charge is 0.305 e.